The molecule has 2 aromatic rings. The van der Waals surface area contributed by atoms with Gasteiger partial charge >= 0.3 is 0 Å². The zero-order valence-electron chi connectivity index (χ0n) is 14.8. The molecule has 0 aliphatic carbocycles. The average molecular weight is 471 g/mol. The van der Waals surface area contributed by atoms with Gasteiger partial charge in [0.1, 0.15) is 5.75 Å². The second-order valence-corrected chi connectivity index (χ2v) is 6.99. The van der Waals surface area contributed by atoms with Crippen LogP contribution >= 0.6 is 35.3 Å². The molecule has 1 unspecified atom stereocenters. The van der Waals surface area contributed by atoms with Crippen LogP contribution in [0, 0.1) is 0 Å². The van der Waals surface area contributed by atoms with E-state index in [9.17, 15) is 0 Å². The van der Waals surface area contributed by atoms with Crippen molar-refractivity contribution in [2.45, 2.75) is 25.8 Å². The zero-order chi connectivity index (χ0) is 16.8. The molecule has 136 valence electrons. The molecule has 4 nitrogen and oxygen atoms in total. The Morgan fingerprint density at radius 2 is 2.12 bits per heavy atom. The van der Waals surface area contributed by atoms with E-state index in [-0.39, 0.29) is 24.0 Å². The number of hydrogen-bond donors (Lipinski definition) is 1. The highest BCUT2D eigenvalue weighted by Crippen LogP contribution is 2.28. The van der Waals surface area contributed by atoms with Crippen molar-refractivity contribution < 1.29 is 4.74 Å². The van der Waals surface area contributed by atoms with Gasteiger partial charge < -0.3 is 15.0 Å². The predicted molar refractivity (Wildman–Crippen MR) is 116 cm³/mol. The molecule has 3 rings (SSSR count). The highest BCUT2D eigenvalue weighted by atomic mass is 127. The molecular formula is C19H26IN3OS. The van der Waals surface area contributed by atoms with E-state index >= 15 is 0 Å². The molecule has 1 aliphatic heterocycles. The summed E-state index contributed by atoms with van der Waals surface area (Å²) in [6.45, 7) is 5.84. The number of thiophene rings is 1. The highest BCUT2D eigenvalue weighted by Gasteiger charge is 2.26. The number of nitrogens with zero attached hydrogens (tertiary/aromatic N) is 2. The van der Waals surface area contributed by atoms with E-state index in [0.717, 1.165) is 44.3 Å². The van der Waals surface area contributed by atoms with Gasteiger partial charge in [0.05, 0.1) is 13.7 Å². The number of guanidine groups is 1. The summed E-state index contributed by atoms with van der Waals surface area (Å²) in [5.74, 6) is 2.50. The number of likely N-dealkylation sites (tertiary alicyclic amines) is 1. The molecule has 0 saturated carbocycles. The third-order valence-corrected chi connectivity index (χ3v) is 5.24. The zero-order valence-corrected chi connectivity index (χ0v) is 17.9. The van der Waals surface area contributed by atoms with E-state index < -0.39 is 0 Å². The summed E-state index contributed by atoms with van der Waals surface area (Å²) < 4.78 is 5.25. The molecular weight excluding hydrogens is 445 g/mol. The Balaban J connectivity index is 0.00000225. The van der Waals surface area contributed by atoms with E-state index in [4.69, 9.17) is 9.73 Å². The van der Waals surface area contributed by atoms with E-state index in [1.54, 1.807) is 18.4 Å². The summed E-state index contributed by atoms with van der Waals surface area (Å²) in [4.78, 5) is 8.50. The summed E-state index contributed by atoms with van der Waals surface area (Å²) in [6, 6.07) is 12.7. The molecule has 1 saturated heterocycles. The lowest BCUT2D eigenvalue weighted by Gasteiger charge is -2.21. The molecule has 25 heavy (non-hydrogen) atoms. The maximum absolute atomic E-state index is 5.25. The van der Waals surface area contributed by atoms with Gasteiger partial charge in [-0.15, -0.1) is 35.3 Å². The molecule has 2 heterocycles. The molecule has 6 heteroatoms. The Hall–Kier alpha value is -1.28. The SMILES string of the molecule is CCNC(=NCc1cccs1)N1CCC(c2ccc(OC)cc2)C1.I. The predicted octanol–water partition coefficient (Wildman–Crippen LogP) is 4.33. The smallest absolute Gasteiger partial charge is 0.194 e. The number of methoxy groups -OCH3 is 1. The van der Waals surface area contributed by atoms with Crippen molar-refractivity contribution in [3.8, 4) is 5.75 Å². The minimum Gasteiger partial charge on any atom is -0.497 e. The van der Waals surface area contributed by atoms with E-state index in [1.165, 1.54) is 10.4 Å². The average Bonchev–Trinajstić information content (AvgIpc) is 3.30. The number of aliphatic imine (C=N–C) groups is 1. The van der Waals surface area contributed by atoms with Crippen molar-refractivity contribution in [3.63, 3.8) is 0 Å². The number of rotatable bonds is 5. The number of benzene rings is 1. The van der Waals surface area contributed by atoms with Crippen molar-refractivity contribution in [1.29, 1.82) is 0 Å². The third kappa shape index (κ3) is 5.34. The topological polar surface area (TPSA) is 36.9 Å². The first-order valence-electron chi connectivity index (χ1n) is 8.49. The van der Waals surface area contributed by atoms with Crippen LogP contribution in [0.25, 0.3) is 0 Å². The Bertz CT molecular complexity index is 658. The minimum absolute atomic E-state index is 0. The summed E-state index contributed by atoms with van der Waals surface area (Å²) in [5.41, 5.74) is 1.38. The molecule has 1 aromatic carbocycles. The van der Waals surface area contributed by atoms with Crippen LogP contribution in [0.2, 0.25) is 0 Å². The number of hydrogen-bond acceptors (Lipinski definition) is 3. The van der Waals surface area contributed by atoms with Gasteiger partial charge in [-0.05, 0) is 42.5 Å². The first-order chi connectivity index (χ1) is 11.8. The minimum atomic E-state index is 0. The fraction of sp³-hybridized carbons (Fsp3) is 0.421. The van der Waals surface area contributed by atoms with E-state index in [2.05, 4.69) is 46.8 Å². The van der Waals surface area contributed by atoms with Crippen molar-refractivity contribution in [2.75, 3.05) is 26.7 Å². The van der Waals surface area contributed by atoms with Crippen molar-refractivity contribution >= 4 is 41.3 Å². The van der Waals surface area contributed by atoms with Crippen molar-refractivity contribution in [2.24, 2.45) is 4.99 Å². The molecule has 1 aromatic heterocycles. The number of halogens is 1. The van der Waals surface area contributed by atoms with Gasteiger partial charge in [0, 0.05) is 30.4 Å². The lowest BCUT2D eigenvalue weighted by Crippen LogP contribution is -2.39. The molecule has 0 bridgehead atoms. The van der Waals surface area contributed by atoms with E-state index in [0.29, 0.717) is 5.92 Å². The summed E-state index contributed by atoms with van der Waals surface area (Å²) in [7, 11) is 1.71. The summed E-state index contributed by atoms with van der Waals surface area (Å²) in [6.07, 6.45) is 1.16. The van der Waals surface area contributed by atoms with Crippen LogP contribution in [-0.4, -0.2) is 37.6 Å². The van der Waals surface area contributed by atoms with Crippen LogP contribution in [0.15, 0.2) is 46.8 Å². The number of ether oxygens (including phenoxy) is 1. The standard InChI is InChI=1S/C19H25N3OS.HI/c1-3-20-19(21-13-18-5-4-12-24-18)22-11-10-16(14-22)15-6-8-17(23-2)9-7-15;/h4-9,12,16H,3,10-11,13-14H2,1-2H3,(H,20,21);1H. The van der Waals surface area contributed by atoms with Gasteiger partial charge in [-0.2, -0.15) is 0 Å². The third-order valence-electron chi connectivity index (χ3n) is 4.37. The molecule has 1 N–H and O–H groups in total. The quantitative estimate of drug-likeness (QED) is 0.401. The maximum atomic E-state index is 5.25. The van der Waals surface area contributed by atoms with Gasteiger partial charge in [-0.3, -0.25) is 0 Å². The summed E-state index contributed by atoms with van der Waals surface area (Å²) >= 11 is 1.76. The first-order valence-corrected chi connectivity index (χ1v) is 9.37. The van der Waals surface area contributed by atoms with Crippen LogP contribution in [0.4, 0.5) is 0 Å². The van der Waals surface area contributed by atoms with Gasteiger partial charge in [-0.1, -0.05) is 18.2 Å². The normalized spacial score (nSPS) is 17.3. The largest absolute Gasteiger partial charge is 0.497 e. The van der Waals surface area contributed by atoms with Gasteiger partial charge in [0.15, 0.2) is 5.96 Å². The lowest BCUT2D eigenvalue weighted by atomic mass is 9.98. The highest BCUT2D eigenvalue weighted by molar-refractivity contribution is 14.0. The van der Waals surface area contributed by atoms with Crippen LogP contribution in [0.5, 0.6) is 5.75 Å². The van der Waals surface area contributed by atoms with Crippen LogP contribution < -0.4 is 10.1 Å². The monoisotopic (exact) mass is 471 g/mol. The summed E-state index contributed by atoms with van der Waals surface area (Å²) in [5, 5.41) is 5.54. The maximum Gasteiger partial charge on any atom is 0.194 e. The van der Waals surface area contributed by atoms with Crippen molar-refractivity contribution in [3.05, 3.63) is 52.2 Å². The Morgan fingerprint density at radius 1 is 1.32 bits per heavy atom. The second kappa shape index (κ2) is 10.0. The molecule has 0 amide bonds. The van der Waals surface area contributed by atoms with Crippen molar-refractivity contribution in [1.82, 2.24) is 10.2 Å². The van der Waals surface area contributed by atoms with E-state index in [1.807, 2.05) is 12.1 Å². The molecule has 0 radical (unpaired) electrons. The molecule has 1 atom stereocenters. The first kappa shape index (κ1) is 20.0. The van der Waals surface area contributed by atoms with Crippen LogP contribution in [0.3, 0.4) is 0 Å². The molecule has 1 fully saturated rings. The Morgan fingerprint density at radius 3 is 2.76 bits per heavy atom. The van der Waals surface area contributed by atoms with Crippen LogP contribution in [-0.2, 0) is 6.54 Å². The van der Waals surface area contributed by atoms with Gasteiger partial charge in [0.2, 0.25) is 0 Å². The fourth-order valence-electron chi connectivity index (χ4n) is 3.08. The Labute approximate surface area is 171 Å². The van der Waals surface area contributed by atoms with Gasteiger partial charge in [0.25, 0.3) is 0 Å². The molecule has 1 aliphatic rings. The molecule has 0 spiro atoms. The lowest BCUT2D eigenvalue weighted by molar-refractivity contribution is 0.414. The number of nitrogens with one attached hydrogen (secondary N) is 1. The fourth-order valence-corrected chi connectivity index (χ4v) is 3.71. The Kier molecular flexibility index (Phi) is 8.02. The second-order valence-electron chi connectivity index (χ2n) is 5.95. The van der Waals surface area contributed by atoms with Gasteiger partial charge in [-0.25, -0.2) is 4.99 Å². The van der Waals surface area contributed by atoms with Crippen LogP contribution in [0.1, 0.15) is 29.7 Å².